The molecule has 5 rings (SSSR count). The molecule has 0 saturated heterocycles. The Morgan fingerprint density at radius 2 is 1.82 bits per heavy atom. The van der Waals surface area contributed by atoms with Gasteiger partial charge in [0.05, 0.1) is 29.3 Å². The SMILES string of the molecule is Cc1ccc(-n2nc(C(C)(C)C)cc2NC(=O)NCc2cc(F)ccc2Oc2cc3cnn(C)c3cn2)cc1. The summed E-state index contributed by atoms with van der Waals surface area (Å²) in [7, 11) is 1.83. The molecule has 0 aliphatic heterocycles. The van der Waals surface area contributed by atoms with E-state index in [1.54, 1.807) is 27.8 Å². The lowest BCUT2D eigenvalue weighted by atomic mass is 9.92. The van der Waals surface area contributed by atoms with Crippen molar-refractivity contribution in [3.8, 4) is 17.3 Å². The van der Waals surface area contributed by atoms with E-state index < -0.39 is 11.8 Å². The number of pyridine rings is 1. The van der Waals surface area contributed by atoms with Gasteiger partial charge in [-0.05, 0) is 37.3 Å². The van der Waals surface area contributed by atoms with Crippen LogP contribution in [0.25, 0.3) is 16.6 Å². The number of nitrogens with one attached hydrogen (secondary N) is 2. The fourth-order valence-corrected chi connectivity index (χ4v) is 4.04. The van der Waals surface area contributed by atoms with Gasteiger partial charge in [0.2, 0.25) is 5.88 Å². The third-order valence-corrected chi connectivity index (χ3v) is 6.28. The van der Waals surface area contributed by atoms with Crippen molar-refractivity contribution in [2.75, 3.05) is 5.32 Å². The number of amides is 2. The molecule has 0 radical (unpaired) electrons. The summed E-state index contributed by atoms with van der Waals surface area (Å²) in [5.41, 5.74) is 3.88. The number of urea groups is 1. The molecule has 10 heteroatoms. The lowest BCUT2D eigenvalue weighted by Gasteiger charge is -2.14. The largest absolute Gasteiger partial charge is 0.439 e. The quantitative estimate of drug-likeness (QED) is 0.282. The number of halogens is 1. The molecule has 9 nitrogen and oxygen atoms in total. The lowest BCUT2D eigenvalue weighted by molar-refractivity contribution is 0.251. The normalized spacial score (nSPS) is 11.5. The third kappa shape index (κ3) is 5.74. The van der Waals surface area contributed by atoms with Gasteiger partial charge in [-0.2, -0.15) is 10.2 Å². The highest BCUT2D eigenvalue weighted by Crippen LogP contribution is 2.28. The number of benzene rings is 2. The zero-order chi connectivity index (χ0) is 27.7. The lowest BCUT2D eigenvalue weighted by Crippen LogP contribution is -2.29. The molecule has 2 amide bonds. The Morgan fingerprint density at radius 3 is 2.56 bits per heavy atom. The molecule has 2 N–H and O–H groups in total. The van der Waals surface area contributed by atoms with Crippen LogP contribution in [0.3, 0.4) is 0 Å². The fourth-order valence-electron chi connectivity index (χ4n) is 4.04. The second-order valence-corrected chi connectivity index (χ2v) is 10.4. The van der Waals surface area contributed by atoms with E-state index in [0.29, 0.717) is 23.0 Å². The first-order valence-electron chi connectivity index (χ1n) is 12.5. The number of carbonyl (C=O) groups excluding carboxylic acids is 1. The molecule has 0 atom stereocenters. The topological polar surface area (TPSA) is 98.9 Å². The molecular weight excluding hydrogens is 497 g/mol. The van der Waals surface area contributed by atoms with E-state index in [0.717, 1.165) is 27.8 Å². The maximum absolute atomic E-state index is 14.1. The van der Waals surface area contributed by atoms with Crippen molar-refractivity contribution in [1.29, 1.82) is 0 Å². The summed E-state index contributed by atoms with van der Waals surface area (Å²) in [4.78, 5) is 17.3. The van der Waals surface area contributed by atoms with Gasteiger partial charge in [-0.1, -0.05) is 38.5 Å². The highest BCUT2D eigenvalue weighted by molar-refractivity contribution is 5.88. The second kappa shape index (κ2) is 10.2. The highest BCUT2D eigenvalue weighted by atomic mass is 19.1. The Labute approximate surface area is 225 Å². The minimum atomic E-state index is -0.464. The van der Waals surface area contributed by atoms with E-state index >= 15 is 0 Å². The Kier molecular flexibility index (Phi) is 6.78. The summed E-state index contributed by atoms with van der Waals surface area (Å²) in [6.07, 6.45) is 3.38. The van der Waals surface area contributed by atoms with Crippen LogP contribution in [-0.4, -0.2) is 30.6 Å². The first-order chi connectivity index (χ1) is 18.6. The molecule has 0 aliphatic rings. The van der Waals surface area contributed by atoms with E-state index in [1.165, 1.54) is 18.2 Å². The van der Waals surface area contributed by atoms with Crippen LogP contribution in [0.5, 0.6) is 11.6 Å². The van der Waals surface area contributed by atoms with Gasteiger partial charge < -0.3 is 10.1 Å². The predicted molar refractivity (Wildman–Crippen MR) is 148 cm³/mol. The molecule has 0 saturated carbocycles. The van der Waals surface area contributed by atoms with Crippen LogP contribution in [0.2, 0.25) is 0 Å². The van der Waals surface area contributed by atoms with Crippen molar-refractivity contribution >= 4 is 22.8 Å². The monoisotopic (exact) mass is 527 g/mol. The highest BCUT2D eigenvalue weighted by Gasteiger charge is 2.22. The van der Waals surface area contributed by atoms with Gasteiger partial charge in [0.15, 0.2) is 0 Å². The first-order valence-corrected chi connectivity index (χ1v) is 12.5. The number of aromatic nitrogens is 5. The van der Waals surface area contributed by atoms with Crippen LogP contribution < -0.4 is 15.4 Å². The number of rotatable bonds is 6. The van der Waals surface area contributed by atoms with Gasteiger partial charge in [-0.25, -0.2) is 18.9 Å². The zero-order valence-corrected chi connectivity index (χ0v) is 22.5. The minimum absolute atomic E-state index is 0.0266. The number of fused-ring (bicyclic) bond motifs is 1. The van der Waals surface area contributed by atoms with Crippen LogP contribution in [0.1, 0.15) is 37.6 Å². The molecule has 3 heterocycles. The van der Waals surface area contributed by atoms with Crippen molar-refractivity contribution in [2.45, 2.75) is 39.7 Å². The Balaban J connectivity index is 1.33. The van der Waals surface area contributed by atoms with Crippen LogP contribution in [0.15, 0.2) is 67.0 Å². The molecule has 39 heavy (non-hydrogen) atoms. The summed E-state index contributed by atoms with van der Waals surface area (Å²) in [5.74, 6) is 0.796. The molecule has 5 aromatic rings. The zero-order valence-electron chi connectivity index (χ0n) is 22.5. The van der Waals surface area contributed by atoms with Gasteiger partial charge in [-0.3, -0.25) is 10.00 Å². The first kappa shape index (κ1) is 25.9. The molecular formula is C29H30FN7O2. The van der Waals surface area contributed by atoms with E-state index in [-0.39, 0.29) is 12.0 Å². The molecule has 3 aromatic heterocycles. The molecule has 0 spiro atoms. The summed E-state index contributed by atoms with van der Waals surface area (Å²) < 4.78 is 23.5. The van der Waals surface area contributed by atoms with E-state index in [2.05, 4.69) is 41.5 Å². The van der Waals surface area contributed by atoms with Gasteiger partial charge in [0.1, 0.15) is 17.4 Å². The number of anilines is 1. The van der Waals surface area contributed by atoms with Crippen molar-refractivity contribution in [2.24, 2.45) is 7.05 Å². The smallest absolute Gasteiger partial charge is 0.320 e. The summed E-state index contributed by atoms with van der Waals surface area (Å²) >= 11 is 0. The Morgan fingerprint density at radius 1 is 1.05 bits per heavy atom. The summed E-state index contributed by atoms with van der Waals surface area (Å²) in [5, 5.41) is 15.5. The van der Waals surface area contributed by atoms with E-state index in [9.17, 15) is 9.18 Å². The summed E-state index contributed by atoms with van der Waals surface area (Å²) in [6.45, 7) is 8.22. The molecule has 0 aliphatic carbocycles. The average Bonchev–Trinajstić information content (AvgIpc) is 3.48. The van der Waals surface area contributed by atoms with Crippen molar-refractivity contribution in [1.82, 2.24) is 29.9 Å². The van der Waals surface area contributed by atoms with Crippen LogP contribution in [0, 0.1) is 12.7 Å². The summed E-state index contributed by atoms with van der Waals surface area (Å²) in [6, 6.07) is 15.2. The number of ether oxygens (including phenoxy) is 1. The van der Waals surface area contributed by atoms with Crippen LogP contribution in [-0.2, 0) is 19.0 Å². The van der Waals surface area contributed by atoms with Gasteiger partial charge in [0, 0.05) is 42.1 Å². The van der Waals surface area contributed by atoms with E-state index in [1.807, 2.05) is 44.3 Å². The van der Waals surface area contributed by atoms with Gasteiger partial charge >= 0.3 is 6.03 Å². The number of carbonyl (C=O) groups is 1. The number of nitrogens with zero attached hydrogens (tertiary/aromatic N) is 5. The van der Waals surface area contributed by atoms with E-state index in [4.69, 9.17) is 9.84 Å². The van der Waals surface area contributed by atoms with Crippen molar-refractivity contribution in [3.63, 3.8) is 0 Å². The average molecular weight is 528 g/mol. The molecule has 0 unspecified atom stereocenters. The standard InChI is InChI=1S/C29H30FN7O2/c1-18-6-9-22(10-7-18)37-26(14-25(35-37)29(2,3)4)34-28(38)32-15-20-12-21(30)8-11-24(20)39-27-13-19-16-33-36(5)23(19)17-31-27/h6-14,16-17H,15H2,1-5H3,(H2,32,34,38). The van der Waals surface area contributed by atoms with Crippen LogP contribution >= 0.6 is 0 Å². The maximum atomic E-state index is 14.1. The number of hydrogen-bond acceptors (Lipinski definition) is 5. The maximum Gasteiger partial charge on any atom is 0.320 e. The number of hydrogen-bond donors (Lipinski definition) is 2. The fraction of sp³-hybridized carbons (Fsp3) is 0.241. The Bertz CT molecular complexity index is 1650. The van der Waals surface area contributed by atoms with Gasteiger partial charge in [-0.15, -0.1) is 0 Å². The third-order valence-electron chi connectivity index (χ3n) is 6.28. The Hall–Kier alpha value is -4.73. The number of aryl methyl sites for hydroxylation is 2. The van der Waals surface area contributed by atoms with Gasteiger partial charge in [0.25, 0.3) is 0 Å². The molecule has 2 aromatic carbocycles. The molecule has 0 fully saturated rings. The second-order valence-electron chi connectivity index (χ2n) is 10.4. The molecule has 0 bridgehead atoms. The predicted octanol–water partition coefficient (Wildman–Crippen LogP) is 6.01. The minimum Gasteiger partial charge on any atom is -0.439 e. The molecule has 200 valence electrons. The van der Waals surface area contributed by atoms with Crippen molar-refractivity contribution in [3.05, 3.63) is 89.6 Å². The van der Waals surface area contributed by atoms with Crippen molar-refractivity contribution < 1.29 is 13.9 Å². The van der Waals surface area contributed by atoms with Crippen LogP contribution in [0.4, 0.5) is 15.0 Å².